The fourth-order valence-corrected chi connectivity index (χ4v) is 5.29. The van der Waals surface area contributed by atoms with E-state index in [4.69, 9.17) is 9.47 Å². The summed E-state index contributed by atoms with van der Waals surface area (Å²) in [5.41, 5.74) is 1.30. The van der Waals surface area contributed by atoms with E-state index in [9.17, 15) is 14.7 Å². The summed E-state index contributed by atoms with van der Waals surface area (Å²) < 4.78 is 11.0. The van der Waals surface area contributed by atoms with Gasteiger partial charge < -0.3 is 24.8 Å². The Hall–Kier alpha value is -3.72. The van der Waals surface area contributed by atoms with Crippen LogP contribution in [0.5, 0.6) is 5.75 Å². The zero-order valence-electron chi connectivity index (χ0n) is 21.2. The molecule has 2 aliphatic rings. The summed E-state index contributed by atoms with van der Waals surface area (Å²) in [6.45, 7) is 1.45. The minimum atomic E-state index is -1.20. The highest BCUT2D eigenvalue weighted by Gasteiger charge is 2.54. The number of para-hydroxylation sites is 1. The van der Waals surface area contributed by atoms with Gasteiger partial charge in [-0.3, -0.25) is 10.1 Å². The standard InChI is InChI=1S/C30H33N3O5/c34-27(25(20-22-10-4-1-5-11-22)31-29(36)38-24-14-8-3-9-15-24)26-28(35)33(21-23-12-6-2-7-13-23)30(32-26)16-18-37-19-17-30/h1-15,25-27,32,34H,16-21H2,(H,31,36)/t25-,26?,27-/m0/s1. The fourth-order valence-electron chi connectivity index (χ4n) is 5.29. The lowest BCUT2D eigenvalue weighted by molar-refractivity contribution is -0.137. The van der Waals surface area contributed by atoms with Crippen LogP contribution in [0.3, 0.4) is 0 Å². The lowest BCUT2D eigenvalue weighted by Gasteiger charge is -2.41. The van der Waals surface area contributed by atoms with Crippen molar-refractivity contribution < 1.29 is 24.2 Å². The van der Waals surface area contributed by atoms with Gasteiger partial charge in [-0.1, -0.05) is 78.9 Å². The summed E-state index contributed by atoms with van der Waals surface area (Å²) in [6, 6.07) is 26.4. The summed E-state index contributed by atoms with van der Waals surface area (Å²) in [5, 5.41) is 17.9. The van der Waals surface area contributed by atoms with E-state index in [0.29, 0.717) is 44.8 Å². The van der Waals surface area contributed by atoms with Gasteiger partial charge >= 0.3 is 6.09 Å². The summed E-state index contributed by atoms with van der Waals surface area (Å²) in [6.07, 6.45) is -0.342. The fraction of sp³-hybridized carbons (Fsp3) is 0.333. The molecule has 3 aromatic carbocycles. The number of ether oxygens (including phenoxy) is 2. The number of carbonyl (C=O) groups excluding carboxylic acids is 2. The molecule has 3 atom stereocenters. The molecule has 0 bridgehead atoms. The molecular weight excluding hydrogens is 482 g/mol. The highest BCUT2D eigenvalue weighted by atomic mass is 16.6. The maximum absolute atomic E-state index is 13.9. The number of hydrogen-bond acceptors (Lipinski definition) is 6. The van der Waals surface area contributed by atoms with E-state index < -0.39 is 29.9 Å². The largest absolute Gasteiger partial charge is 0.412 e. The van der Waals surface area contributed by atoms with E-state index in [-0.39, 0.29) is 5.91 Å². The molecular formula is C30H33N3O5. The van der Waals surface area contributed by atoms with Gasteiger partial charge in [0, 0.05) is 19.4 Å². The lowest BCUT2D eigenvalue weighted by atomic mass is 9.95. The third kappa shape index (κ3) is 5.88. The first-order chi connectivity index (χ1) is 18.5. The van der Waals surface area contributed by atoms with Crippen molar-refractivity contribution in [3.8, 4) is 5.75 Å². The molecule has 2 aliphatic heterocycles. The van der Waals surface area contributed by atoms with E-state index in [2.05, 4.69) is 10.6 Å². The van der Waals surface area contributed by atoms with Crippen molar-refractivity contribution in [1.82, 2.24) is 15.5 Å². The monoisotopic (exact) mass is 515 g/mol. The van der Waals surface area contributed by atoms with E-state index >= 15 is 0 Å². The number of aliphatic hydroxyl groups excluding tert-OH is 1. The van der Waals surface area contributed by atoms with Gasteiger partial charge in [-0.2, -0.15) is 0 Å². The van der Waals surface area contributed by atoms with E-state index in [1.54, 1.807) is 24.3 Å². The van der Waals surface area contributed by atoms with Gasteiger partial charge in [0.05, 0.1) is 31.0 Å². The van der Waals surface area contributed by atoms with Crippen molar-refractivity contribution in [1.29, 1.82) is 0 Å². The van der Waals surface area contributed by atoms with Gasteiger partial charge in [-0.25, -0.2) is 4.79 Å². The number of aliphatic hydroxyl groups is 1. The Morgan fingerprint density at radius 2 is 1.55 bits per heavy atom. The van der Waals surface area contributed by atoms with Crippen molar-refractivity contribution in [2.75, 3.05) is 13.2 Å². The zero-order chi connectivity index (χ0) is 26.4. The molecule has 3 aromatic rings. The van der Waals surface area contributed by atoms with Crippen LogP contribution in [0.1, 0.15) is 24.0 Å². The third-order valence-corrected chi connectivity index (χ3v) is 7.29. The Bertz CT molecular complexity index is 1200. The van der Waals surface area contributed by atoms with Crippen LogP contribution in [0, 0.1) is 0 Å². The van der Waals surface area contributed by atoms with Gasteiger partial charge in [0.1, 0.15) is 11.8 Å². The summed E-state index contributed by atoms with van der Waals surface area (Å²) >= 11 is 0. The second kappa shape index (κ2) is 11.8. The number of rotatable bonds is 8. The van der Waals surface area contributed by atoms with Crippen molar-refractivity contribution in [3.63, 3.8) is 0 Å². The van der Waals surface area contributed by atoms with Gasteiger partial charge in [-0.15, -0.1) is 0 Å². The van der Waals surface area contributed by atoms with Gasteiger partial charge in [0.15, 0.2) is 0 Å². The SMILES string of the molecule is O=C(N[C@@H](Cc1ccccc1)[C@H](O)C1NC2(CCOCC2)N(Cc2ccccc2)C1=O)Oc1ccccc1. The van der Waals surface area contributed by atoms with Crippen LogP contribution in [0.25, 0.3) is 0 Å². The van der Waals surface area contributed by atoms with E-state index in [1.807, 2.05) is 71.6 Å². The average Bonchev–Trinajstić information content (AvgIpc) is 3.20. The van der Waals surface area contributed by atoms with Crippen molar-refractivity contribution in [3.05, 3.63) is 102 Å². The molecule has 2 fully saturated rings. The average molecular weight is 516 g/mol. The molecule has 8 nitrogen and oxygen atoms in total. The summed E-state index contributed by atoms with van der Waals surface area (Å²) in [7, 11) is 0. The molecule has 2 saturated heterocycles. The molecule has 0 aromatic heterocycles. The van der Waals surface area contributed by atoms with E-state index in [0.717, 1.165) is 11.1 Å². The highest BCUT2D eigenvalue weighted by Crippen LogP contribution is 2.34. The number of hydrogen-bond donors (Lipinski definition) is 3. The molecule has 2 heterocycles. The Morgan fingerprint density at radius 3 is 2.18 bits per heavy atom. The first-order valence-corrected chi connectivity index (χ1v) is 13.0. The summed E-state index contributed by atoms with van der Waals surface area (Å²) in [5.74, 6) is 0.197. The molecule has 0 saturated carbocycles. The van der Waals surface area contributed by atoms with Crippen LogP contribution in [0.4, 0.5) is 4.79 Å². The van der Waals surface area contributed by atoms with Crippen LogP contribution in [-0.4, -0.2) is 59.1 Å². The topological polar surface area (TPSA) is 100 Å². The number of amides is 2. The van der Waals surface area contributed by atoms with Crippen molar-refractivity contribution >= 4 is 12.0 Å². The van der Waals surface area contributed by atoms with Crippen LogP contribution < -0.4 is 15.4 Å². The Morgan fingerprint density at radius 1 is 0.974 bits per heavy atom. The second-order valence-electron chi connectivity index (χ2n) is 9.81. The van der Waals surface area contributed by atoms with Gasteiger partial charge in [-0.05, 0) is 29.7 Å². The molecule has 2 amide bonds. The predicted molar refractivity (Wildman–Crippen MR) is 142 cm³/mol. The van der Waals surface area contributed by atoms with Crippen LogP contribution in [0.2, 0.25) is 0 Å². The predicted octanol–water partition coefficient (Wildman–Crippen LogP) is 3.25. The molecule has 0 radical (unpaired) electrons. The van der Waals surface area contributed by atoms with Crippen LogP contribution in [-0.2, 0) is 22.5 Å². The van der Waals surface area contributed by atoms with Crippen LogP contribution in [0.15, 0.2) is 91.0 Å². The minimum Gasteiger partial charge on any atom is -0.410 e. The lowest BCUT2D eigenvalue weighted by Crippen LogP contribution is -2.58. The number of benzene rings is 3. The van der Waals surface area contributed by atoms with E-state index in [1.165, 1.54) is 0 Å². The summed E-state index contributed by atoms with van der Waals surface area (Å²) in [4.78, 5) is 28.5. The van der Waals surface area contributed by atoms with Crippen molar-refractivity contribution in [2.24, 2.45) is 0 Å². The normalized spacial score (nSPS) is 20.2. The third-order valence-electron chi connectivity index (χ3n) is 7.29. The first-order valence-electron chi connectivity index (χ1n) is 13.0. The number of nitrogens with zero attached hydrogens (tertiary/aromatic N) is 1. The number of nitrogens with one attached hydrogen (secondary N) is 2. The van der Waals surface area contributed by atoms with Gasteiger partial charge in [0.2, 0.25) is 5.91 Å². The maximum Gasteiger partial charge on any atom is 0.412 e. The minimum absolute atomic E-state index is 0.195. The van der Waals surface area contributed by atoms with Crippen molar-refractivity contribution in [2.45, 2.75) is 49.7 Å². The molecule has 198 valence electrons. The zero-order valence-corrected chi connectivity index (χ0v) is 21.2. The first kappa shape index (κ1) is 25.9. The quantitative estimate of drug-likeness (QED) is 0.426. The molecule has 5 rings (SSSR count). The maximum atomic E-state index is 13.9. The van der Waals surface area contributed by atoms with Crippen LogP contribution >= 0.6 is 0 Å². The highest BCUT2D eigenvalue weighted by molar-refractivity contribution is 5.86. The molecule has 8 heteroatoms. The molecule has 3 N–H and O–H groups in total. The Kier molecular flexibility index (Phi) is 8.03. The second-order valence-corrected chi connectivity index (χ2v) is 9.81. The van der Waals surface area contributed by atoms with Gasteiger partial charge in [0.25, 0.3) is 0 Å². The Labute approximate surface area is 222 Å². The molecule has 38 heavy (non-hydrogen) atoms. The molecule has 1 spiro atoms. The smallest absolute Gasteiger partial charge is 0.410 e. The molecule has 0 aliphatic carbocycles. The number of carbonyl (C=O) groups is 2. The molecule has 1 unspecified atom stereocenters. The Balaban J connectivity index is 1.38.